The molecule has 0 bridgehead atoms. The van der Waals surface area contributed by atoms with Crippen LogP contribution in [0.15, 0.2) is 5.10 Å². The average molecular weight is 118 g/mol. The number of nitrogens with zero attached hydrogens (tertiary/aromatic N) is 1. The Kier molecular flexibility index (Phi) is 3.89. The fourth-order valence-corrected chi connectivity index (χ4v) is 0.386. The van der Waals surface area contributed by atoms with Crippen LogP contribution < -0.4 is 5.43 Å². The predicted octanol–water partition coefficient (Wildman–Crippen LogP) is 0.902. The van der Waals surface area contributed by atoms with E-state index < -0.39 is 0 Å². The molecule has 0 aliphatic carbocycles. The summed E-state index contributed by atoms with van der Waals surface area (Å²) in [4.78, 5) is 0. The molecule has 0 spiro atoms. The molecule has 0 amide bonds. The summed E-state index contributed by atoms with van der Waals surface area (Å²) >= 11 is 1.64. The van der Waals surface area contributed by atoms with Gasteiger partial charge < -0.3 is 5.43 Å². The van der Waals surface area contributed by atoms with Crippen molar-refractivity contribution in [3.8, 4) is 0 Å². The van der Waals surface area contributed by atoms with Gasteiger partial charge in [0.2, 0.25) is 0 Å². The van der Waals surface area contributed by atoms with Gasteiger partial charge in [0.1, 0.15) is 0 Å². The van der Waals surface area contributed by atoms with Crippen molar-refractivity contribution in [1.82, 2.24) is 5.43 Å². The van der Waals surface area contributed by atoms with Crippen molar-refractivity contribution in [2.45, 2.75) is 6.92 Å². The van der Waals surface area contributed by atoms with E-state index in [1.807, 2.05) is 13.2 Å². The van der Waals surface area contributed by atoms with E-state index in [-0.39, 0.29) is 0 Å². The van der Waals surface area contributed by atoms with E-state index in [0.29, 0.717) is 0 Å². The molecule has 0 aliphatic rings. The van der Waals surface area contributed by atoms with Crippen LogP contribution in [0, 0.1) is 0 Å². The molecule has 0 fully saturated rings. The lowest BCUT2D eigenvalue weighted by Gasteiger charge is -1.89. The summed E-state index contributed by atoms with van der Waals surface area (Å²) in [5.74, 6) is 0. The largest absolute Gasteiger partial charge is 0.312 e. The maximum Gasteiger partial charge on any atom is 0.0897 e. The van der Waals surface area contributed by atoms with Crippen LogP contribution in [0.5, 0.6) is 0 Å². The Balaban J connectivity index is 3.29. The van der Waals surface area contributed by atoms with E-state index >= 15 is 0 Å². The second-order valence-electron chi connectivity index (χ2n) is 1.06. The highest BCUT2D eigenvalue weighted by Gasteiger charge is 1.78. The molecule has 3 heteroatoms. The zero-order valence-electron chi connectivity index (χ0n) is 4.86. The summed E-state index contributed by atoms with van der Waals surface area (Å²) in [7, 11) is 1.79. The lowest BCUT2D eigenvalue weighted by Crippen LogP contribution is -1.96. The molecule has 0 aromatic carbocycles. The molecule has 42 valence electrons. The highest BCUT2D eigenvalue weighted by molar-refractivity contribution is 8.13. The van der Waals surface area contributed by atoms with Gasteiger partial charge in [-0.3, -0.25) is 0 Å². The van der Waals surface area contributed by atoms with Crippen LogP contribution in [-0.2, 0) is 0 Å². The minimum absolute atomic E-state index is 1.06. The first-order valence-electron chi connectivity index (χ1n) is 2.06. The molecule has 0 aliphatic heterocycles. The topological polar surface area (TPSA) is 24.4 Å². The van der Waals surface area contributed by atoms with Crippen LogP contribution in [0.2, 0.25) is 0 Å². The van der Waals surface area contributed by atoms with Gasteiger partial charge in [0.05, 0.1) is 5.04 Å². The van der Waals surface area contributed by atoms with Crippen LogP contribution in [0.4, 0.5) is 0 Å². The lowest BCUT2D eigenvalue weighted by atomic mass is 10.9. The highest BCUT2D eigenvalue weighted by atomic mass is 32.2. The van der Waals surface area contributed by atoms with Crippen LogP contribution in [0.25, 0.3) is 0 Å². The van der Waals surface area contributed by atoms with Crippen molar-refractivity contribution < 1.29 is 0 Å². The van der Waals surface area contributed by atoms with Crippen LogP contribution >= 0.6 is 11.8 Å². The molecule has 1 N–H and O–H groups in total. The van der Waals surface area contributed by atoms with Gasteiger partial charge in [-0.1, -0.05) is 0 Å². The van der Waals surface area contributed by atoms with Crippen LogP contribution in [0.1, 0.15) is 6.92 Å². The number of hydrazone groups is 1. The Labute approximate surface area is 48.4 Å². The number of thioether (sulfide) groups is 1. The van der Waals surface area contributed by atoms with E-state index in [2.05, 4.69) is 10.5 Å². The number of rotatable bonds is 1. The van der Waals surface area contributed by atoms with E-state index in [9.17, 15) is 0 Å². The number of hydrogen-bond acceptors (Lipinski definition) is 3. The highest BCUT2D eigenvalue weighted by Crippen LogP contribution is 1.92. The van der Waals surface area contributed by atoms with Gasteiger partial charge in [-0.15, -0.1) is 11.8 Å². The smallest absolute Gasteiger partial charge is 0.0897 e. The van der Waals surface area contributed by atoms with Gasteiger partial charge in [-0.25, -0.2) is 0 Å². The molecule has 7 heavy (non-hydrogen) atoms. The van der Waals surface area contributed by atoms with Crippen LogP contribution in [-0.4, -0.2) is 18.3 Å². The Bertz CT molecular complexity index is 70.1. The third-order valence-electron chi connectivity index (χ3n) is 0.565. The first-order chi connectivity index (χ1) is 3.31. The van der Waals surface area contributed by atoms with Gasteiger partial charge in [0.15, 0.2) is 0 Å². The molecule has 0 rings (SSSR count). The maximum absolute atomic E-state index is 3.87. The zero-order chi connectivity index (χ0) is 5.70. The molecule has 0 heterocycles. The molecular weight excluding hydrogens is 108 g/mol. The molecule has 2 nitrogen and oxygen atoms in total. The molecule has 0 saturated carbocycles. The molecule has 0 aromatic heterocycles. The molecule has 0 radical (unpaired) electrons. The van der Waals surface area contributed by atoms with Crippen molar-refractivity contribution >= 4 is 16.8 Å². The minimum atomic E-state index is 1.06. The van der Waals surface area contributed by atoms with Gasteiger partial charge >= 0.3 is 0 Å². The summed E-state index contributed by atoms with van der Waals surface area (Å²) < 4.78 is 0. The number of hydrogen-bond donors (Lipinski definition) is 1. The van der Waals surface area contributed by atoms with Gasteiger partial charge in [-0.05, 0) is 13.2 Å². The van der Waals surface area contributed by atoms with Crippen molar-refractivity contribution in [2.24, 2.45) is 5.10 Å². The predicted molar refractivity (Wildman–Crippen MR) is 35.7 cm³/mol. The third kappa shape index (κ3) is 3.66. The first-order valence-corrected chi connectivity index (χ1v) is 3.28. The fourth-order valence-electron chi connectivity index (χ4n) is 0.203. The minimum Gasteiger partial charge on any atom is -0.312 e. The lowest BCUT2D eigenvalue weighted by molar-refractivity contribution is 0.904. The number of nitrogens with one attached hydrogen (secondary N) is 1. The van der Waals surface area contributed by atoms with Crippen molar-refractivity contribution in [3.05, 3.63) is 0 Å². The molecule has 0 aromatic rings. The fraction of sp³-hybridized carbons (Fsp3) is 0.750. The van der Waals surface area contributed by atoms with E-state index in [1.165, 1.54) is 0 Å². The van der Waals surface area contributed by atoms with Gasteiger partial charge in [0, 0.05) is 7.05 Å². The zero-order valence-corrected chi connectivity index (χ0v) is 5.67. The maximum atomic E-state index is 3.87. The van der Waals surface area contributed by atoms with E-state index in [4.69, 9.17) is 0 Å². The summed E-state index contributed by atoms with van der Waals surface area (Å²) in [5.41, 5.74) is 2.69. The molecule has 0 unspecified atom stereocenters. The second-order valence-corrected chi connectivity index (χ2v) is 2.06. The van der Waals surface area contributed by atoms with Gasteiger partial charge in [-0.2, -0.15) is 5.10 Å². The Morgan fingerprint density at radius 1 is 1.71 bits per heavy atom. The Hall–Kier alpha value is -0.180. The van der Waals surface area contributed by atoms with Crippen molar-refractivity contribution in [2.75, 3.05) is 13.3 Å². The normalized spacial score (nSPS) is 11.6. The van der Waals surface area contributed by atoms with E-state index in [1.54, 1.807) is 18.8 Å². The second kappa shape index (κ2) is 3.99. The standard InChI is InChI=1S/C4H10N2S/c1-4(7-3)6-5-2/h5H,1-3H3/b6-4+. The summed E-state index contributed by atoms with van der Waals surface area (Å²) in [6.45, 7) is 1.96. The Morgan fingerprint density at radius 3 is 2.43 bits per heavy atom. The third-order valence-corrected chi connectivity index (χ3v) is 1.25. The van der Waals surface area contributed by atoms with Gasteiger partial charge in [0.25, 0.3) is 0 Å². The van der Waals surface area contributed by atoms with Crippen LogP contribution in [0.3, 0.4) is 0 Å². The summed E-state index contributed by atoms with van der Waals surface area (Å²) in [5, 5.41) is 4.93. The monoisotopic (exact) mass is 118 g/mol. The SMILES string of the molecule is CN/N=C(\C)SC. The molecule has 0 atom stereocenters. The Morgan fingerprint density at radius 2 is 2.29 bits per heavy atom. The molecular formula is C4H10N2S. The average Bonchev–Trinajstić information content (AvgIpc) is 1.68. The quantitative estimate of drug-likeness (QED) is 0.314. The summed E-state index contributed by atoms with van der Waals surface area (Å²) in [6.07, 6.45) is 2.00. The van der Waals surface area contributed by atoms with Crippen molar-refractivity contribution in [3.63, 3.8) is 0 Å². The summed E-state index contributed by atoms with van der Waals surface area (Å²) in [6, 6.07) is 0. The molecule has 0 saturated heterocycles. The first kappa shape index (κ1) is 6.82. The van der Waals surface area contributed by atoms with E-state index in [0.717, 1.165) is 5.04 Å². The van der Waals surface area contributed by atoms with Crippen molar-refractivity contribution in [1.29, 1.82) is 0 Å².